The first-order valence-corrected chi connectivity index (χ1v) is 3.97. The lowest BCUT2D eigenvalue weighted by Crippen LogP contribution is -2.28. The molecule has 2 nitrogen and oxygen atoms in total. The van der Waals surface area contributed by atoms with Crippen LogP contribution in [-0.2, 0) is 6.54 Å². The molecule has 0 bridgehead atoms. The first-order chi connectivity index (χ1) is 5.20. The number of nitrogens with zero attached hydrogens (tertiary/aromatic N) is 2. The summed E-state index contributed by atoms with van der Waals surface area (Å²) >= 11 is 0. The van der Waals surface area contributed by atoms with Crippen LogP contribution < -0.4 is 0 Å². The summed E-state index contributed by atoms with van der Waals surface area (Å²) in [7, 11) is 4.21. The summed E-state index contributed by atoms with van der Waals surface area (Å²) in [6.45, 7) is 3.29. The normalized spacial score (nSPS) is 13.8. The molecule has 0 saturated heterocycles. The van der Waals surface area contributed by atoms with Crippen molar-refractivity contribution in [2.75, 3.05) is 14.1 Å². The predicted molar refractivity (Wildman–Crippen MR) is 47.6 cm³/mol. The summed E-state index contributed by atoms with van der Waals surface area (Å²) in [5.74, 6) is 0. The zero-order chi connectivity index (χ0) is 8.27. The van der Waals surface area contributed by atoms with Crippen LogP contribution in [0.4, 0.5) is 0 Å². The molecule has 1 aromatic rings. The van der Waals surface area contributed by atoms with Crippen LogP contribution in [-0.4, -0.2) is 29.6 Å². The van der Waals surface area contributed by atoms with E-state index in [0.29, 0.717) is 6.04 Å². The molecule has 0 aliphatic heterocycles. The molecule has 1 rings (SSSR count). The molecular formula is C9H16N2. The van der Waals surface area contributed by atoms with E-state index in [1.165, 1.54) is 0 Å². The third-order valence-corrected chi connectivity index (χ3v) is 2.02. The molecule has 0 aromatic carbocycles. The van der Waals surface area contributed by atoms with Gasteiger partial charge in [-0.15, -0.1) is 0 Å². The monoisotopic (exact) mass is 152 g/mol. The van der Waals surface area contributed by atoms with E-state index in [1.54, 1.807) is 0 Å². The van der Waals surface area contributed by atoms with E-state index in [1.807, 2.05) is 0 Å². The van der Waals surface area contributed by atoms with Gasteiger partial charge in [0.2, 0.25) is 0 Å². The number of rotatable bonds is 3. The molecule has 1 aromatic heterocycles. The second-order valence-electron chi connectivity index (χ2n) is 3.19. The summed E-state index contributed by atoms with van der Waals surface area (Å²) < 4.78 is 2.20. The van der Waals surface area contributed by atoms with Crippen molar-refractivity contribution in [2.45, 2.75) is 19.5 Å². The highest BCUT2D eigenvalue weighted by Gasteiger charge is 2.03. The molecule has 0 aliphatic carbocycles. The van der Waals surface area contributed by atoms with Crippen LogP contribution in [0, 0.1) is 0 Å². The SMILES string of the molecule is CC(Cn1cccc1)N(C)C. The summed E-state index contributed by atoms with van der Waals surface area (Å²) in [5, 5.41) is 0. The fourth-order valence-corrected chi connectivity index (χ4v) is 0.960. The minimum absolute atomic E-state index is 0.599. The Balaban J connectivity index is 2.43. The Bertz CT molecular complexity index is 189. The van der Waals surface area contributed by atoms with E-state index < -0.39 is 0 Å². The molecule has 62 valence electrons. The Labute approximate surface area is 68.4 Å². The minimum atomic E-state index is 0.599. The van der Waals surface area contributed by atoms with Crippen LogP contribution in [0.25, 0.3) is 0 Å². The lowest BCUT2D eigenvalue weighted by Gasteiger charge is -2.19. The van der Waals surface area contributed by atoms with Crippen molar-refractivity contribution in [3.63, 3.8) is 0 Å². The molecule has 1 heterocycles. The van der Waals surface area contributed by atoms with Gasteiger partial charge in [-0.05, 0) is 33.2 Å². The largest absolute Gasteiger partial charge is 0.353 e. The molecule has 0 N–H and O–H groups in total. The Morgan fingerprint density at radius 2 is 1.82 bits per heavy atom. The Hall–Kier alpha value is -0.760. The van der Waals surface area contributed by atoms with E-state index in [9.17, 15) is 0 Å². The average Bonchev–Trinajstić information content (AvgIpc) is 2.39. The Morgan fingerprint density at radius 3 is 2.27 bits per heavy atom. The van der Waals surface area contributed by atoms with Crippen molar-refractivity contribution >= 4 is 0 Å². The van der Waals surface area contributed by atoms with E-state index in [0.717, 1.165) is 6.54 Å². The lowest BCUT2D eigenvalue weighted by atomic mass is 10.3. The summed E-state index contributed by atoms with van der Waals surface area (Å²) in [4.78, 5) is 2.22. The summed E-state index contributed by atoms with van der Waals surface area (Å²) in [6.07, 6.45) is 4.19. The topological polar surface area (TPSA) is 8.17 Å². The van der Waals surface area contributed by atoms with Gasteiger partial charge in [-0.3, -0.25) is 0 Å². The van der Waals surface area contributed by atoms with E-state index in [4.69, 9.17) is 0 Å². The third-order valence-electron chi connectivity index (χ3n) is 2.02. The quantitative estimate of drug-likeness (QED) is 0.636. The van der Waals surface area contributed by atoms with Crippen molar-refractivity contribution in [2.24, 2.45) is 0 Å². The highest BCUT2D eigenvalue weighted by atomic mass is 15.1. The molecule has 0 fully saturated rings. The van der Waals surface area contributed by atoms with E-state index >= 15 is 0 Å². The molecule has 1 unspecified atom stereocenters. The van der Waals surface area contributed by atoms with Crippen LogP contribution >= 0.6 is 0 Å². The molecule has 0 amide bonds. The van der Waals surface area contributed by atoms with Crippen molar-refractivity contribution in [3.05, 3.63) is 24.5 Å². The second-order valence-corrected chi connectivity index (χ2v) is 3.19. The third kappa shape index (κ3) is 2.39. The van der Waals surface area contributed by atoms with Gasteiger partial charge in [0.15, 0.2) is 0 Å². The van der Waals surface area contributed by atoms with Crippen molar-refractivity contribution in [1.29, 1.82) is 0 Å². The number of likely N-dealkylation sites (N-methyl/N-ethyl adjacent to an activating group) is 1. The van der Waals surface area contributed by atoms with Gasteiger partial charge >= 0.3 is 0 Å². The second kappa shape index (κ2) is 3.58. The van der Waals surface area contributed by atoms with Crippen LogP contribution in [0.3, 0.4) is 0 Å². The molecule has 1 atom stereocenters. The van der Waals surface area contributed by atoms with Crippen molar-refractivity contribution in [1.82, 2.24) is 9.47 Å². The Morgan fingerprint density at radius 1 is 1.27 bits per heavy atom. The molecule has 0 spiro atoms. The first kappa shape index (κ1) is 8.34. The molecule has 0 saturated carbocycles. The lowest BCUT2D eigenvalue weighted by molar-refractivity contribution is 0.284. The van der Waals surface area contributed by atoms with Crippen molar-refractivity contribution in [3.8, 4) is 0 Å². The fraction of sp³-hybridized carbons (Fsp3) is 0.556. The zero-order valence-corrected chi connectivity index (χ0v) is 7.49. The summed E-state index contributed by atoms with van der Waals surface area (Å²) in [6, 6.07) is 4.72. The van der Waals surface area contributed by atoms with Gasteiger partial charge in [-0.25, -0.2) is 0 Å². The van der Waals surface area contributed by atoms with Gasteiger partial charge in [-0.2, -0.15) is 0 Å². The number of aromatic nitrogens is 1. The van der Waals surface area contributed by atoms with Gasteiger partial charge in [0.1, 0.15) is 0 Å². The maximum Gasteiger partial charge on any atom is 0.0372 e. The van der Waals surface area contributed by atoms with Gasteiger partial charge in [0.25, 0.3) is 0 Å². The highest BCUT2D eigenvalue weighted by molar-refractivity contribution is 4.90. The highest BCUT2D eigenvalue weighted by Crippen LogP contribution is 1.97. The van der Waals surface area contributed by atoms with Gasteiger partial charge < -0.3 is 9.47 Å². The van der Waals surface area contributed by atoms with Crippen molar-refractivity contribution < 1.29 is 0 Å². The summed E-state index contributed by atoms with van der Waals surface area (Å²) in [5.41, 5.74) is 0. The molecule has 0 radical (unpaired) electrons. The molecule has 11 heavy (non-hydrogen) atoms. The minimum Gasteiger partial charge on any atom is -0.353 e. The number of hydrogen-bond acceptors (Lipinski definition) is 1. The fourth-order valence-electron chi connectivity index (χ4n) is 0.960. The Kier molecular flexibility index (Phi) is 2.71. The van der Waals surface area contributed by atoms with Crippen LogP contribution in [0.5, 0.6) is 0 Å². The molecule has 2 heteroatoms. The van der Waals surface area contributed by atoms with Gasteiger partial charge in [-0.1, -0.05) is 0 Å². The standard InChI is InChI=1S/C9H16N2/c1-9(10(2)3)8-11-6-4-5-7-11/h4-7,9H,8H2,1-3H3. The van der Waals surface area contributed by atoms with E-state index in [-0.39, 0.29) is 0 Å². The van der Waals surface area contributed by atoms with Crippen LogP contribution in [0.15, 0.2) is 24.5 Å². The zero-order valence-electron chi connectivity index (χ0n) is 7.49. The molecular weight excluding hydrogens is 136 g/mol. The average molecular weight is 152 g/mol. The van der Waals surface area contributed by atoms with Gasteiger partial charge in [0.05, 0.1) is 0 Å². The maximum absolute atomic E-state index is 2.22. The first-order valence-electron chi connectivity index (χ1n) is 3.97. The van der Waals surface area contributed by atoms with Crippen LogP contribution in [0.1, 0.15) is 6.92 Å². The smallest absolute Gasteiger partial charge is 0.0372 e. The van der Waals surface area contributed by atoms with Crippen LogP contribution in [0.2, 0.25) is 0 Å². The maximum atomic E-state index is 2.22. The predicted octanol–water partition coefficient (Wildman–Crippen LogP) is 1.44. The van der Waals surface area contributed by atoms with E-state index in [2.05, 4.69) is 55.0 Å². The number of hydrogen-bond donors (Lipinski definition) is 0. The van der Waals surface area contributed by atoms with Gasteiger partial charge in [0, 0.05) is 25.0 Å². The molecule has 0 aliphatic rings.